The van der Waals surface area contributed by atoms with Crippen LogP contribution in [0.1, 0.15) is 26.2 Å². The summed E-state index contributed by atoms with van der Waals surface area (Å²) in [5.74, 6) is 0.843. The van der Waals surface area contributed by atoms with Crippen LogP contribution in [0.3, 0.4) is 0 Å². The third-order valence-electron chi connectivity index (χ3n) is 4.93. The lowest BCUT2D eigenvalue weighted by Gasteiger charge is -2.35. The van der Waals surface area contributed by atoms with Crippen molar-refractivity contribution in [3.63, 3.8) is 0 Å². The van der Waals surface area contributed by atoms with Gasteiger partial charge in [-0.3, -0.25) is 0 Å². The largest absolute Gasteiger partial charge is 0.373 e. The van der Waals surface area contributed by atoms with Crippen LogP contribution in [0.5, 0.6) is 0 Å². The summed E-state index contributed by atoms with van der Waals surface area (Å²) in [6.45, 7) is 7.13. The molecule has 1 N–H and O–H groups in total. The number of nitrogens with zero attached hydrogens (tertiary/aromatic N) is 2. The Bertz CT molecular complexity index is 440. The Morgan fingerprint density at radius 3 is 2.55 bits per heavy atom. The molecule has 1 saturated heterocycles. The number of hydrogen-bond donors (Lipinski definition) is 1. The summed E-state index contributed by atoms with van der Waals surface area (Å²) in [6.07, 6.45) is 3.89. The topological polar surface area (TPSA) is 18.5 Å². The second-order valence-electron chi connectivity index (χ2n) is 6.39. The zero-order chi connectivity index (χ0) is 13.9. The van der Waals surface area contributed by atoms with Gasteiger partial charge in [-0.05, 0) is 57.3 Å². The lowest BCUT2D eigenvalue weighted by atomic mass is 9.96. The molecule has 1 atom stereocenters. The number of para-hydroxylation sites is 2. The molecule has 0 amide bonds. The summed E-state index contributed by atoms with van der Waals surface area (Å²) < 4.78 is 0. The first-order valence-corrected chi connectivity index (χ1v) is 8.03. The molecule has 0 aromatic heterocycles. The van der Waals surface area contributed by atoms with E-state index in [1.54, 1.807) is 0 Å². The smallest absolute Gasteiger partial charge is 0.0606 e. The van der Waals surface area contributed by atoms with Gasteiger partial charge in [0.15, 0.2) is 0 Å². The van der Waals surface area contributed by atoms with Crippen molar-refractivity contribution in [3.05, 3.63) is 24.3 Å². The molecule has 20 heavy (non-hydrogen) atoms. The predicted octanol–water partition coefficient (Wildman–Crippen LogP) is 2.72. The number of piperidine rings is 1. The van der Waals surface area contributed by atoms with E-state index in [0.29, 0.717) is 6.04 Å². The molecule has 0 saturated carbocycles. The Balaban J connectivity index is 1.84. The number of nitrogens with one attached hydrogen (secondary N) is 1. The molecule has 3 rings (SSSR count). The minimum absolute atomic E-state index is 0.635. The Hall–Kier alpha value is -1.22. The third kappa shape index (κ3) is 2.78. The van der Waals surface area contributed by atoms with Crippen molar-refractivity contribution in [1.82, 2.24) is 5.32 Å². The maximum atomic E-state index is 3.47. The molecule has 0 bridgehead atoms. The first kappa shape index (κ1) is 13.7. The fraction of sp³-hybridized carbons (Fsp3) is 0.647. The van der Waals surface area contributed by atoms with Crippen LogP contribution >= 0.6 is 0 Å². The van der Waals surface area contributed by atoms with E-state index in [1.807, 2.05) is 0 Å². The molecule has 2 aliphatic heterocycles. The monoisotopic (exact) mass is 273 g/mol. The fourth-order valence-electron chi connectivity index (χ4n) is 3.54. The highest BCUT2D eigenvalue weighted by atomic mass is 15.2. The first-order valence-electron chi connectivity index (χ1n) is 8.03. The molecule has 1 aromatic carbocycles. The Labute approximate surface area is 123 Å². The van der Waals surface area contributed by atoms with Crippen LogP contribution in [0.2, 0.25) is 0 Å². The molecule has 0 spiro atoms. The molecule has 2 aliphatic rings. The molecule has 110 valence electrons. The average molecular weight is 273 g/mol. The fourth-order valence-corrected chi connectivity index (χ4v) is 3.54. The van der Waals surface area contributed by atoms with Crippen LogP contribution in [-0.2, 0) is 0 Å². The lowest BCUT2D eigenvalue weighted by Crippen LogP contribution is -2.40. The van der Waals surface area contributed by atoms with E-state index in [4.69, 9.17) is 0 Å². The highest BCUT2D eigenvalue weighted by Gasteiger charge is 2.26. The molecule has 1 aromatic rings. The highest BCUT2D eigenvalue weighted by Crippen LogP contribution is 2.34. The summed E-state index contributed by atoms with van der Waals surface area (Å²) in [5.41, 5.74) is 2.82. The summed E-state index contributed by atoms with van der Waals surface area (Å²) in [6, 6.07) is 9.54. The van der Waals surface area contributed by atoms with Gasteiger partial charge in [-0.25, -0.2) is 0 Å². The minimum atomic E-state index is 0.635. The van der Waals surface area contributed by atoms with Crippen LogP contribution in [0, 0.1) is 5.92 Å². The van der Waals surface area contributed by atoms with E-state index in [1.165, 1.54) is 50.3 Å². The van der Waals surface area contributed by atoms with Crippen molar-refractivity contribution in [1.29, 1.82) is 0 Å². The van der Waals surface area contributed by atoms with E-state index < -0.39 is 0 Å². The lowest BCUT2D eigenvalue weighted by molar-refractivity contribution is 0.365. The van der Waals surface area contributed by atoms with E-state index in [9.17, 15) is 0 Å². The second-order valence-corrected chi connectivity index (χ2v) is 6.39. The van der Waals surface area contributed by atoms with Gasteiger partial charge in [0.2, 0.25) is 0 Å². The van der Waals surface area contributed by atoms with Crippen LogP contribution < -0.4 is 15.1 Å². The Morgan fingerprint density at radius 2 is 1.80 bits per heavy atom. The first-order chi connectivity index (χ1) is 9.75. The van der Waals surface area contributed by atoms with Gasteiger partial charge in [-0.2, -0.15) is 0 Å². The zero-order valence-corrected chi connectivity index (χ0v) is 12.8. The second kappa shape index (κ2) is 6.04. The van der Waals surface area contributed by atoms with Crippen LogP contribution in [0.25, 0.3) is 0 Å². The van der Waals surface area contributed by atoms with Gasteiger partial charge in [-0.15, -0.1) is 0 Å². The maximum Gasteiger partial charge on any atom is 0.0606 e. The molecule has 0 aliphatic carbocycles. The van der Waals surface area contributed by atoms with E-state index in [-0.39, 0.29) is 0 Å². The van der Waals surface area contributed by atoms with Crippen molar-refractivity contribution in [2.75, 3.05) is 43.0 Å². The van der Waals surface area contributed by atoms with E-state index >= 15 is 0 Å². The highest BCUT2D eigenvalue weighted by molar-refractivity contribution is 5.72. The quantitative estimate of drug-likeness (QED) is 0.894. The van der Waals surface area contributed by atoms with E-state index in [0.717, 1.165) is 12.5 Å². The molecular formula is C17H27N3. The van der Waals surface area contributed by atoms with Gasteiger partial charge in [0.25, 0.3) is 0 Å². The van der Waals surface area contributed by atoms with Crippen molar-refractivity contribution in [2.24, 2.45) is 5.92 Å². The maximum absolute atomic E-state index is 3.47. The molecule has 3 heteroatoms. The van der Waals surface area contributed by atoms with Gasteiger partial charge in [0, 0.05) is 26.2 Å². The molecule has 2 heterocycles. The molecule has 1 unspecified atom stereocenters. The van der Waals surface area contributed by atoms with Crippen molar-refractivity contribution in [2.45, 2.75) is 32.2 Å². The summed E-state index contributed by atoms with van der Waals surface area (Å²) in [5, 5.41) is 3.47. The van der Waals surface area contributed by atoms with Crippen molar-refractivity contribution in [3.8, 4) is 0 Å². The molecule has 3 nitrogen and oxygen atoms in total. The van der Waals surface area contributed by atoms with Crippen LogP contribution in [0.15, 0.2) is 24.3 Å². The van der Waals surface area contributed by atoms with Crippen molar-refractivity contribution >= 4 is 11.4 Å². The normalized spacial score (nSPS) is 24.4. The number of benzene rings is 1. The minimum Gasteiger partial charge on any atom is -0.373 e. The van der Waals surface area contributed by atoms with Gasteiger partial charge < -0.3 is 15.1 Å². The SMILES string of the molecule is CC1CCN(C)c2ccccc2N1CC1CCNCC1. The van der Waals surface area contributed by atoms with Gasteiger partial charge in [0.1, 0.15) is 0 Å². The average Bonchev–Trinajstić information content (AvgIpc) is 2.61. The number of hydrogen-bond acceptors (Lipinski definition) is 3. The number of fused-ring (bicyclic) bond motifs is 1. The summed E-state index contributed by atoms with van der Waals surface area (Å²) in [7, 11) is 2.22. The number of rotatable bonds is 2. The van der Waals surface area contributed by atoms with Gasteiger partial charge >= 0.3 is 0 Å². The zero-order valence-electron chi connectivity index (χ0n) is 12.8. The van der Waals surface area contributed by atoms with E-state index in [2.05, 4.69) is 53.4 Å². The Morgan fingerprint density at radius 1 is 1.10 bits per heavy atom. The molecule has 1 fully saturated rings. The van der Waals surface area contributed by atoms with Gasteiger partial charge in [-0.1, -0.05) is 12.1 Å². The predicted molar refractivity (Wildman–Crippen MR) is 86.7 cm³/mol. The van der Waals surface area contributed by atoms with Crippen molar-refractivity contribution < 1.29 is 0 Å². The summed E-state index contributed by atoms with van der Waals surface area (Å²) >= 11 is 0. The van der Waals surface area contributed by atoms with Gasteiger partial charge in [0.05, 0.1) is 11.4 Å². The van der Waals surface area contributed by atoms with Crippen LogP contribution in [-0.4, -0.2) is 39.3 Å². The Kier molecular flexibility index (Phi) is 4.16. The third-order valence-corrected chi connectivity index (χ3v) is 4.93. The standard InChI is InChI=1S/C17H27N3/c1-14-9-12-19(2)16-5-3-4-6-17(16)20(14)13-15-7-10-18-11-8-15/h3-6,14-15,18H,7-13H2,1-2H3. The molecular weight excluding hydrogens is 246 g/mol. The summed E-state index contributed by atoms with van der Waals surface area (Å²) in [4.78, 5) is 5.07. The van der Waals surface area contributed by atoms with Crippen LogP contribution in [0.4, 0.5) is 11.4 Å². The molecule has 0 radical (unpaired) electrons. The number of anilines is 2.